The van der Waals surface area contributed by atoms with E-state index in [2.05, 4.69) is 25.0 Å². The Morgan fingerprint density at radius 1 is 1.31 bits per heavy atom. The lowest BCUT2D eigenvalue weighted by Gasteiger charge is -2.30. The number of pyridine rings is 1. The van der Waals surface area contributed by atoms with E-state index in [1.165, 1.54) is 11.3 Å². The number of carbonyl (C=O) groups excluding carboxylic acids is 1. The van der Waals surface area contributed by atoms with E-state index in [-0.39, 0.29) is 5.91 Å². The second kappa shape index (κ2) is 8.68. The summed E-state index contributed by atoms with van der Waals surface area (Å²) in [5, 5.41) is 5.13. The number of ether oxygens (including phenoxy) is 1. The Morgan fingerprint density at radius 3 is 2.77 bits per heavy atom. The fourth-order valence-corrected chi connectivity index (χ4v) is 3.25. The molecule has 26 heavy (non-hydrogen) atoms. The average molecular weight is 371 g/mol. The summed E-state index contributed by atoms with van der Waals surface area (Å²) in [7, 11) is 3.25. The number of thiophene rings is 1. The molecule has 1 saturated heterocycles. The Balaban J connectivity index is 0.000000613. The van der Waals surface area contributed by atoms with Crippen molar-refractivity contribution in [1.29, 1.82) is 0 Å². The molecule has 1 aliphatic rings. The second-order valence-electron chi connectivity index (χ2n) is 5.80. The van der Waals surface area contributed by atoms with Crippen LogP contribution in [-0.2, 0) is 11.3 Å². The number of anilines is 1. The van der Waals surface area contributed by atoms with Crippen LogP contribution in [-0.4, -0.2) is 53.1 Å². The molecule has 1 aliphatic heterocycles. The molecule has 0 radical (unpaired) electrons. The van der Waals surface area contributed by atoms with E-state index in [4.69, 9.17) is 0 Å². The van der Waals surface area contributed by atoms with Crippen molar-refractivity contribution in [3.05, 3.63) is 47.2 Å². The summed E-state index contributed by atoms with van der Waals surface area (Å²) in [6, 6.07) is 5.79. The summed E-state index contributed by atoms with van der Waals surface area (Å²) in [4.78, 5) is 27.4. The maximum absolute atomic E-state index is 12.6. The van der Waals surface area contributed by atoms with E-state index in [9.17, 15) is 4.79 Å². The van der Waals surface area contributed by atoms with Crippen LogP contribution in [0.25, 0.3) is 10.2 Å². The van der Waals surface area contributed by atoms with Gasteiger partial charge in [0.2, 0.25) is 5.95 Å². The highest BCUT2D eigenvalue weighted by atomic mass is 32.1. The van der Waals surface area contributed by atoms with Gasteiger partial charge < -0.3 is 15.0 Å². The molecule has 0 unspecified atom stereocenters. The molecule has 0 saturated carbocycles. The first kappa shape index (κ1) is 18.2. The normalized spacial score (nSPS) is 12.9. The molecule has 0 aromatic carbocycles. The topological polar surface area (TPSA) is 80.2 Å². The number of hydrogen-bond acceptors (Lipinski definition) is 7. The molecule has 0 aliphatic carbocycles. The molecule has 8 heteroatoms. The van der Waals surface area contributed by atoms with Gasteiger partial charge in [0.1, 0.15) is 0 Å². The zero-order chi connectivity index (χ0) is 18.4. The molecule has 7 nitrogen and oxygen atoms in total. The number of nitrogens with zero attached hydrogens (tertiary/aromatic N) is 4. The second-order valence-corrected chi connectivity index (χ2v) is 6.72. The number of methoxy groups -OCH3 is 1. The molecule has 4 heterocycles. The molecule has 1 amide bonds. The molecule has 3 aromatic rings. The first-order valence-corrected chi connectivity index (χ1v) is 9.18. The zero-order valence-corrected chi connectivity index (χ0v) is 15.6. The Hall–Kier alpha value is -2.58. The smallest absolute Gasteiger partial charge is 0.274 e. The van der Waals surface area contributed by atoms with Gasteiger partial charge in [-0.3, -0.25) is 9.78 Å². The summed E-state index contributed by atoms with van der Waals surface area (Å²) in [6.45, 7) is 2.20. The average Bonchev–Trinajstić information content (AvgIpc) is 3.08. The number of carbonyl (C=O) groups is 1. The summed E-state index contributed by atoms with van der Waals surface area (Å²) in [5.74, 6) is 0.471. The standard InChI is InChI=1S/C16H15N5OS.C2H6O/c22-15(21-6-2-7-21)13-14-12(4-8-23-14)19-16(20-13)18-10-11-3-1-5-17-9-11;1-3-2/h1,3-5,8-9H,2,6-7,10H2,(H,18,19,20);1-2H3. The number of aromatic nitrogens is 3. The summed E-state index contributed by atoms with van der Waals surface area (Å²) >= 11 is 1.51. The van der Waals surface area contributed by atoms with Crippen LogP contribution in [0.2, 0.25) is 0 Å². The molecule has 1 N–H and O–H groups in total. The van der Waals surface area contributed by atoms with E-state index in [0.29, 0.717) is 18.2 Å². The Kier molecular flexibility index (Phi) is 6.08. The van der Waals surface area contributed by atoms with Gasteiger partial charge >= 0.3 is 0 Å². The fourth-order valence-electron chi connectivity index (χ4n) is 2.44. The first-order valence-electron chi connectivity index (χ1n) is 8.30. The van der Waals surface area contributed by atoms with E-state index in [1.807, 2.05) is 28.5 Å². The summed E-state index contributed by atoms with van der Waals surface area (Å²) in [5.41, 5.74) is 2.35. The fraction of sp³-hybridized carbons (Fsp3) is 0.333. The van der Waals surface area contributed by atoms with Crippen molar-refractivity contribution in [2.45, 2.75) is 13.0 Å². The molecule has 1 fully saturated rings. The third-order valence-corrected chi connectivity index (χ3v) is 4.73. The Labute approximate surface area is 156 Å². The Bertz CT molecular complexity index is 864. The van der Waals surface area contributed by atoms with Crippen LogP contribution >= 0.6 is 11.3 Å². The van der Waals surface area contributed by atoms with Gasteiger partial charge in [-0.1, -0.05) is 6.07 Å². The van der Waals surface area contributed by atoms with Gasteiger partial charge in [0.05, 0.1) is 10.2 Å². The lowest BCUT2D eigenvalue weighted by atomic mass is 10.2. The van der Waals surface area contributed by atoms with Crippen molar-refractivity contribution in [2.75, 3.05) is 32.6 Å². The lowest BCUT2D eigenvalue weighted by molar-refractivity contribution is 0.0648. The number of amides is 1. The lowest BCUT2D eigenvalue weighted by Crippen LogP contribution is -2.42. The van der Waals surface area contributed by atoms with Gasteiger partial charge in [-0.25, -0.2) is 9.97 Å². The van der Waals surface area contributed by atoms with Crippen LogP contribution < -0.4 is 5.32 Å². The number of nitrogens with one attached hydrogen (secondary N) is 1. The minimum atomic E-state index is -0.00414. The van der Waals surface area contributed by atoms with Gasteiger partial charge in [-0.15, -0.1) is 11.3 Å². The molecular formula is C18H21N5O2S. The van der Waals surface area contributed by atoms with E-state index >= 15 is 0 Å². The van der Waals surface area contributed by atoms with Crippen LogP contribution in [0.15, 0.2) is 36.0 Å². The van der Waals surface area contributed by atoms with E-state index in [0.717, 1.165) is 35.3 Å². The minimum Gasteiger partial charge on any atom is -0.388 e. The predicted molar refractivity (Wildman–Crippen MR) is 102 cm³/mol. The highest BCUT2D eigenvalue weighted by Gasteiger charge is 2.25. The number of likely N-dealkylation sites (tertiary alicyclic amines) is 1. The van der Waals surface area contributed by atoms with Gasteiger partial charge in [0.25, 0.3) is 5.91 Å². The summed E-state index contributed by atoms with van der Waals surface area (Å²) < 4.78 is 5.11. The van der Waals surface area contributed by atoms with Gasteiger partial charge in [-0.05, 0) is 29.5 Å². The highest BCUT2D eigenvalue weighted by Crippen LogP contribution is 2.26. The van der Waals surface area contributed by atoms with Crippen molar-refractivity contribution >= 4 is 33.4 Å². The van der Waals surface area contributed by atoms with Crippen molar-refractivity contribution in [1.82, 2.24) is 19.9 Å². The maximum atomic E-state index is 12.6. The molecule has 0 atom stereocenters. The minimum absolute atomic E-state index is 0.00414. The van der Waals surface area contributed by atoms with Crippen LogP contribution in [0.3, 0.4) is 0 Å². The third kappa shape index (κ3) is 4.14. The maximum Gasteiger partial charge on any atom is 0.274 e. The molecule has 3 aromatic heterocycles. The summed E-state index contributed by atoms with van der Waals surface area (Å²) in [6.07, 6.45) is 4.60. The van der Waals surface area contributed by atoms with Gasteiger partial charge in [0, 0.05) is 46.2 Å². The predicted octanol–water partition coefficient (Wildman–Crippen LogP) is 2.81. The largest absolute Gasteiger partial charge is 0.388 e. The van der Waals surface area contributed by atoms with E-state index in [1.54, 1.807) is 26.6 Å². The van der Waals surface area contributed by atoms with Gasteiger partial charge in [-0.2, -0.15) is 0 Å². The van der Waals surface area contributed by atoms with Crippen molar-refractivity contribution in [3.63, 3.8) is 0 Å². The Morgan fingerprint density at radius 2 is 2.12 bits per heavy atom. The molecule has 0 bridgehead atoms. The van der Waals surface area contributed by atoms with Crippen LogP contribution in [0.5, 0.6) is 0 Å². The van der Waals surface area contributed by atoms with Crippen molar-refractivity contribution in [2.24, 2.45) is 0 Å². The molecular weight excluding hydrogens is 350 g/mol. The van der Waals surface area contributed by atoms with Crippen molar-refractivity contribution < 1.29 is 9.53 Å². The van der Waals surface area contributed by atoms with E-state index < -0.39 is 0 Å². The number of rotatable bonds is 4. The molecule has 4 rings (SSSR count). The molecule has 136 valence electrons. The van der Waals surface area contributed by atoms with Crippen LogP contribution in [0.4, 0.5) is 5.95 Å². The highest BCUT2D eigenvalue weighted by molar-refractivity contribution is 7.17. The van der Waals surface area contributed by atoms with Crippen molar-refractivity contribution in [3.8, 4) is 0 Å². The zero-order valence-electron chi connectivity index (χ0n) is 14.8. The third-order valence-electron chi connectivity index (χ3n) is 3.82. The first-order chi connectivity index (χ1) is 12.7. The molecule has 0 spiro atoms. The van der Waals surface area contributed by atoms with Crippen LogP contribution in [0.1, 0.15) is 22.5 Å². The SMILES string of the molecule is COC.O=C(c1nc(NCc2cccnc2)nc2ccsc12)N1CCC1. The quantitative estimate of drug-likeness (QED) is 0.760. The monoisotopic (exact) mass is 371 g/mol. The number of fused-ring (bicyclic) bond motifs is 1. The van der Waals surface area contributed by atoms with Gasteiger partial charge in [0.15, 0.2) is 5.69 Å². The van der Waals surface area contributed by atoms with Crippen LogP contribution in [0, 0.1) is 0 Å². The number of hydrogen-bond donors (Lipinski definition) is 1.